The average Bonchev–Trinajstić information content (AvgIpc) is 2.23. The largest absolute Gasteiger partial charge is 0.311 e. The minimum Gasteiger partial charge on any atom is -0.311 e. The van der Waals surface area contributed by atoms with E-state index in [1.54, 1.807) is 0 Å². The Bertz CT molecular complexity index is 451. The SMILES string of the molecule is CC1(C)CC(NC2CCCC(S(C)(=O)=O)C2)CC(C)(C)C1. The molecule has 0 heterocycles. The normalized spacial score (nSPS) is 33.8. The summed E-state index contributed by atoms with van der Waals surface area (Å²) >= 11 is 0. The van der Waals surface area contributed by atoms with E-state index in [-0.39, 0.29) is 5.25 Å². The average molecular weight is 316 g/mol. The summed E-state index contributed by atoms with van der Waals surface area (Å²) in [4.78, 5) is 0. The Kier molecular flexibility index (Phi) is 4.80. The quantitative estimate of drug-likeness (QED) is 0.866. The van der Waals surface area contributed by atoms with Gasteiger partial charge < -0.3 is 5.32 Å². The lowest BCUT2D eigenvalue weighted by molar-refractivity contribution is 0.0777. The van der Waals surface area contributed by atoms with E-state index in [0.717, 1.165) is 25.7 Å². The fourth-order valence-electron chi connectivity index (χ4n) is 4.98. The molecule has 0 aliphatic heterocycles. The number of hydrogen-bond donors (Lipinski definition) is 1. The van der Waals surface area contributed by atoms with Crippen LogP contribution in [0.1, 0.15) is 72.6 Å². The second kappa shape index (κ2) is 5.84. The fourth-order valence-corrected chi connectivity index (χ4v) is 6.16. The predicted molar refractivity (Wildman–Crippen MR) is 89.2 cm³/mol. The monoisotopic (exact) mass is 315 g/mol. The van der Waals surface area contributed by atoms with Crippen molar-refractivity contribution in [1.82, 2.24) is 5.32 Å². The topological polar surface area (TPSA) is 46.2 Å². The van der Waals surface area contributed by atoms with Crippen molar-refractivity contribution >= 4 is 9.84 Å². The highest BCUT2D eigenvalue weighted by molar-refractivity contribution is 7.91. The van der Waals surface area contributed by atoms with Crippen molar-refractivity contribution in [2.45, 2.75) is 90.0 Å². The van der Waals surface area contributed by atoms with Crippen LogP contribution in [0.2, 0.25) is 0 Å². The van der Waals surface area contributed by atoms with Crippen molar-refractivity contribution in [1.29, 1.82) is 0 Å². The molecular formula is C17H33NO2S. The van der Waals surface area contributed by atoms with Gasteiger partial charge in [0, 0.05) is 18.3 Å². The van der Waals surface area contributed by atoms with Gasteiger partial charge in [-0.2, -0.15) is 0 Å². The summed E-state index contributed by atoms with van der Waals surface area (Å²) in [5.41, 5.74) is 0.759. The Morgan fingerprint density at radius 3 is 2.05 bits per heavy atom. The molecule has 0 saturated heterocycles. The molecule has 0 bridgehead atoms. The van der Waals surface area contributed by atoms with Gasteiger partial charge in [0.05, 0.1) is 5.25 Å². The van der Waals surface area contributed by atoms with Crippen LogP contribution < -0.4 is 5.32 Å². The second-order valence-corrected chi connectivity index (χ2v) is 11.4. The first kappa shape index (κ1) is 17.3. The van der Waals surface area contributed by atoms with Gasteiger partial charge in [-0.1, -0.05) is 34.1 Å². The van der Waals surface area contributed by atoms with E-state index in [1.165, 1.54) is 25.5 Å². The van der Waals surface area contributed by atoms with Crippen LogP contribution in [0.3, 0.4) is 0 Å². The molecule has 21 heavy (non-hydrogen) atoms. The molecule has 2 rings (SSSR count). The molecule has 0 amide bonds. The van der Waals surface area contributed by atoms with Gasteiger partial charge in [0.15, 0.2) is 0 Å². The standard InChI is InChI=1S/C17H33NO2S/c1-16(2)10-14(11-17(3,4)12-16)18-13-7-6-8-15(9-13)21(5,19)20/h13-15,18H,6-12H2,1-5H3. The number of sulfone groups is 1. The Hall–Kier alpha value is -0.0900. The van der Waals surface area contributed by atoms with E-state index in [0.29, 0.717) is 22.9 Å². The highest BCUT2D eigenvalue weighted by Gasteiger charge is 2.39. The molecular weight excluding hydrogens is 282 g/mol. The van der Waals surface area contributed by atoms with E-state index in [4.69, 9.17) is 0 Å². The van der Waals surface area contributed by atoms with Gasteiger partial charge in [-0.3, -0.25) is 0 Å². The highest BCUT2D eigenvalue weighted by Crippen LogP contribution is 2.46. The number of hydrogen-bond acceptors (Lipinski definition) is 3. The van der Waals surface area contributed by atoms with Crippen LogP contribution in [0, 0.1) is 10.8 Å². The molecule has 2 fully saturated rings. The first-order valence-corrected chi connectivity index (χ1v) is 10.4. The van der Waals surface area contributed by atoms with Crippen molar-refractivity contribution in [3.05, 3.63) is 0 Å². The minimum atomic E-state index is -2.89. The lowest BCUT2D eigenvalue weighted by atomic mass is 9.63. The molecule has 0 aromatic rings. The summed E-state index contributed by atoms with van der Waals surface area (Å²) in [6, 6.07) is 0.917. The maximum Gasteiger partial charge on any atom is 0.150 e. The smallest absolute Gasteiger partial charge is 0.150 e. The molecule has 0 aromatic carbocycles. The summed E-state index contributed by atoms with van der Waals surface area (Å²) in [7, 11) is -2.89. The molecule has 3 nitrogen and oxygen atoms in total. The van der Waals surface area contributed by atoms with Crippen LogP contribution in [-0.2, 0) is 9.84 Å². The number of rotatable bonds is 3. The zero-order chi connectivity index (χ0) is 15.9. The van der Waals surface area contributed by atoms with Crippen molar-refractivity contribution in [2.24, 2.45) is 10.8 Å². The van der Waals surface area contributed by atoms with Gasteiger partial charge in [0.1, 0.15) is 9.84 Å². The maximum absolute atomic E-state index is 11.8. The zero-order valence-electron chi connectivity index (χ0n) is 14.4. The molecule has 2 unspecified atom stereocenters. The van der Waals surface area contributed by atoms with Gasteiger partial charge in [-0.15, -0.1) is 0 Å². The lowest BCUT2D eigenvalue weighted by Gasteiger charge is -2.46. The number of nitrogens with one attached hydrogen (secondary N) is 1. The third kappa shape index (κ3) is 4.95. The lowest BCUT2D eigenvalue weighted by Crippen LogP contribution is -2.49. The predicted octanol–water partition coefficient (Wildman–Crippen LogP) is 3.54. The van der Waals surface area contributed by atoms with E-state index in [9.17, 15) is 8.42 Å². The van der Waals surface area contributed by atoms with Crippen LogP contribution in [-0.4, -0.2) is 32.0 Å². The zero-order valence-corrected chi connectivity index (χ0v) is 15.2. The van der Waals surface area contributed by atoms with E-state index >= 15 is 0 Å². The Morgan fingerprint density at radius 1 is 0.952 bits per heavy atom. The molecule has 0 aromatic heterocycles. The summed E-state index contributed by atoms with van der Waals surface area (Å²) in [6.45, 7) is 9.46. The molecule has 1 N–H and O–H groups in total. The van der Waals surface area contributed by atoms with E-state index in [2.05, 4.69) is 33.0 Å². The molecule has 2 aliphatic carbocycles. The first-order valence-electron chi connectivity index (χ1n) is 8.42. The molecule has 2 saturated carbocycles. The van der Waals surface area contributed by atoms with Crippen LogP contribution in [0.15, 0.2) is 0 Å². The Labute approximate surface area is 131 Å². The van der Waals surface area contributed by atoms with Gasteiger partial charge in [-0.25, -0.2) is 8.42 Å². The van der Waals surface area contributed by atoms with Gasteiger partial charge in [0.2, 0.25) is 0 Å². The minimum absolute atomic E-state index is 0.131. The second-order valence-electron chi connectivity index (χ2n) is 9.09. The van der Waals surface area contributed by atoms with Crippen molar-refractivity contribution in [3.63, 3.8) is 0 Å². The molecule has 4 heteroatoms. The van der Waals surface area contributed by atoms with Crippen molar-refractivity contribution < 1.29 is 8.42 Å². The van der Waals surface area contributed by atoms with E-state index in [1.807, 2.05) is 0 Å². The van der Waals surface area contributed by atoms with Crippen LogP contribution in [0.25, 0.3) is 0 Å². The maximum atomic E-state index is 11.8. The van der Waals surface area contributed by atoms with Crippen LogP contribution in [0.5, 0.6) is 0 Å². The first-order chi connectivity index (χ1) is 9.47. The molecule has 0 spiro atoms. The Balaban J connectivity index is 1.98. The van der Waals surface area contributed by atoms with Crippen LogP contribution in [0.4, 0.5) is 0 Å². The third-order valence-electron chi connectivity index (χ3n) is 5.26. The summed E-state index contributed by atoms with van der Waals surface area (Å²) in [5, 5.41) is 3.68. The highest BCUT2D eigenvalue weighted by atomic mass is 32.2. The third-order valence-corrected chi connectivity index (χ3v) is 6.90. The fraction of sp³-hybridized carbons (Fsp3) is 1.00. The molecule has 124 valence electrons. The van der Waals surface area contributed by atoms with Crippen LogP contribution >= 0.6 is 0 Å². The van der Waals surface area contributed by atoms with Gasteiger partial charge >= 0.3 is 0 Å². The summed E-state index contributed by atoms with van der Waals surface area (Å²) < 4.78 is 23.6. The molecule has 2 atom stereocenters. The van der Waals surface area contributed by atoms with Gasteiger partial charge in [-0.05, 0) is 49.4 Å². The molecule has 2 aliphatic rings. The molecule has 0 radical (unpaired) electrons. The van der Waals surface area contributed by atoms with Gasteiger partial charge in [0.25, 0.3) is 0 Å². The van der Waals surface area contributed by atoms with E-state index < -0.39 is 9.84 Å². The summed E-state index contributed by atoms with van der Waals surface area (Å²) in [5.74, 6) is 0. The van der Waals surface area contributed by atoms with Crippen molar-refractivity contribution in [2.75, 3.05) is 6.26 Å². The Morgan fingerprint density at radius 2 is 1.52 bits per heavy atom. The van der Waals surface area contributed by atoms with Crippen molar-refractivity contribution in [3.8, 4) is 0 Å². The summed E-state index contributed by atoms with van der Waals surface area (Å²) in [6.07, 6.45) is 8.89.